The molecular formula is C25H24O8. The molecule has 0 unspecified atom stereocenters. The molecule has 0 spiro atoms. The first-order valence-corrected chi connectivity index (χ1v) is 10.3. The van der Waals surface area contributed by atoms with Crippen LogP contribution in [0.1, 0.15) is 70.0 Å². The number of rotatable bonds is 7. The maximum atomic E-state index is 12.4. The largest absolute Gasteiger partial charge is 0.504 e. The van der Waals surface area contributed by atoms with Crippen LogP contribution in [0, 0.1) is 0 Å². The Labute approximate surface area is 189 Å². The highest BCUT2D eigenvalue weighted by Crippen LogP contribution is 2.51. The van der Waals surface area contributed by atoms with Crippen LogP contribution in [-0.2, 0) is 0 Å². The number of hydrogen-bond acceptors (Lipinski definition) is 8. The quantitative estimate of drug-likeness (QED) is 0.176. The zero-order valence-corrected chi connectivity index (χ0v) is 18.0. The number of Topliss-reactive ketones (excluding diaryl/α,β-unsaturated/α-hetero) is 2. The Balaban J connectivity index is 2.43. The molecule has 172 valence electrons. The lowest BCUT2D eigenvalue weighted by atomic mass is 9.81. The second-order valence-corrected chi connectivity index (χ2v) is 7.52. The first-order chi connectivity index (χ1) is 15.6. The molecule has 0 bridgehead atoms. The van der Waals surface area contributed by atoms with Crippen molar-refractivity contribution in [1.82, 2.24) is 0 Å². The molecule has 8 nitrogen and oxygen atoms in total. The minimum absolute atomic E-state index is 0.00756. The lowest BCUT2D eigenvalue weighted by molar-refractivity contribution is 0.0976. The summed E-state index contributed by atoms with van der Waals surface area (Å²) in [5.74, 6) is -7.00. The van der Waals surface area contributed by atoms with E-state index < -0.39 is 52.0 Å². The van der Waals surface area contributed by atoms with Gasteiger partial charge in [-0.3, -0.25) is 9.59 Å². The molecule has 0 saturated heterocycles. The van der Waals surface area contributed by atoms with Crippen molar-refractivity contribution >= 4 is 11.6 Å². The lowest BCUT2D eigenvalue weighted by Crippen LogP contribution is -2.09. The third-order valence-electron chi connectivity index (χ3n) is 5.55. The zero-order chi connectivity index (χ0) is 24.4. The van der Waals surface area contributed by atoms with Crippen LogP contribution in [0.4, 0.5) is 0 Å². The second-order valence-electron chi connectivity index (χ2n) is 7.52. The fourth-order valence-corrected chi connectivity index (χ4v) is 3.76. The van der Waals surface area contributed by atoms with Crippen LogP contribution < -0.4 is 0 Å². The Morgan fingerprint density at radius 2 is 1.03 bits per heavy atom. The van der Waals surface area contributed by atoms with E-state index in [4.69, 9.17) is 0 Å². The van der Waals surface area contributed by atoms with Gasteiger partial charge in [0.15, 0.2) is 34.6 Å². The fraction of sp³-hybridized carbons (Fsp3) is 0.200. The van der Waals surface area contributed by atoms with E-state index in [2.05, 4.69) is 0 Å². The van der Waals surface area contributed by atoms with Crippen LogP contribution in [0.2, 0.25) is 0 Å². The van der Waals surface area contributed by atoms with Crippen molar-refractivity contribution in [2.45, 2.75) is 32.6 Å². The first-order valence-electron chi connectivity index (χ1n) is 10.3. The number of ketones is 2. The van der Waals surface area contributed by atoms with Gasteiger partial charge in [0.2, 0.25) is 11.5 Å². The fourth-order valence-electron chi connectivity index (χ4n) is 3.76. The average Bonchev–Trinajstić information content (AvgIpc) is 2.83. The predicted octanol–water partition coefficient (Wildman–Crippen LogP) is 4.29. The molecule has 8 heteroatoms. The maximum absolute atomic E-state index is 12.4. The molecule has 3 rings (SSSR count). The van der Waals surface area contributed by atoms with Gasteiger partial charge in [-0.1, -0.05) is 44.2 Å². The number of benzene rings is 3. The number of phenols is 6. The second kappa shape index (κ2) is 9.12. The van der Waals surface area contributed by atoms with Crippen LogP contribution in [-0.4, -0.2) is 42.2 Å². The van der Waals surface area contributed by atoms with Crippen molar-refractivity contribution in [1.29, 1.82) is 0 Å². The first kappa shape index (κ1) is 23.5. The van der Waals surface area contributed by atoms with Gasteiger partial charge >= 0.3 is 0 Å². The predicted molar refractivity (Wildman–Crippen MR) is 120 cm³/mol. The Morgan fingerprint density at radius 1 is 0.636 bits per heavy atom. The van der Waals surface area contributed by atoms with E-state index in [-0.39, 0.29) is 35.1 Å². The van der Waals surface area contributed by atoms with Gasteiger partial charge in [-0.05, 0) is 17.7 Å². The van der Waals surface area contributed by atoms with Crippen LogP contribution >= 0.6 is 0 Å². The standard InChI is InChI=1S/C25H24O8/c1-3-17(26)13-10-15(22(30)24(32)20(13)28)19(12-8-6-5-7-9-12)16-11-14(18(27)4-2)21(29)25(33)23(16)31/h5-11,19,28-33H,3-4H2,1-2H3. The van der Waals surface area contributed by atoms with Crippen LogP contribution in [0.5, 0.6) is 34.5 Å². The third kappa shape index (κ3) is 4.03. The summed E-state index contributed by atoms with van der Waals surface area (Å²) in [4.78, 5) is 24.7. The van der Waals surface area contributed by atoms with Crippen molar-refractivity contribution in [2.75, 3.05) is 0 Å². The molecule has 0 aromatic heterocycles. The zero-order valence-electron chi connectivity index (χ0n) is 18.0. The van der Waals surface area contributed by atoms with Crippen LogP contribution in [0.25, 0.3) is 0 Å². The number of aromatic hydroxyl groups is 6. The SMILES string of the molecule is CCC(=O)c1cc(C(c2ccccc2)c2cc(C(=O)CC)c(O)c(O)c2O)c(O)c(O)c1O. The van der Waals surface area contributed by atoms with E-state index in [1.165, 1.54) is 12.1 Å². The average molecular weight is 452 g/mol. The van der Waals surface area contributed by atoms with Gasteiger partial charge in [0, 0.05) is 29.9 Å². The molecule has 0 aliphatic carbocycles. The Kier molecular flexibility index (Phi) is 6.48. The van der Waals surface area contributed by atoms with Crippen LogP contribution in [0.3, 0.4) is 0 Å². The van der Waals surface area contributed by atoms with Crippen molar-refractivity contribution in [3.8, 4) is 34.5 Å². The Bertz CT molecular complexity index is 1150. The Morgan fingerprint density at radius 3 is 1.39 bits per heavy atom. The summed E-state index contributed by atoms with van der Waals surface area (Å²) >= 11 is 0. The smallest absolute Gasteiger partial charge is 0.201 e. The number of carbonyl (C=O) groups excluding carboxylic acids is 2. The van der Waals surface area contributed by atoms with E-state index in [1.54, 1.807) is 44.2 Å². The molecule has 6 N–H and O–H groups in total. The maximum Gasteiger partial charge on any atom is 0.201 e. The monoisotopic (exact) mass is 452 g/mol. The summed E-state index contributed by atoms with van der Waals surface area (Å²) < 4.78 is 0. The molecule has 0 amide bonds. The molecule has 0 aliphatic heterocycles. The number of phenolic OH excluding ortho intramolecular Hbond substituents is 6. The summed E-state index contributed by atoms with van der Waals surface area (Å²) in [6.07, 6.45) is 0.0151. The molecular weight excluding hydrogens is 428 g/mol. The topological polar surface area (TPSA) is 156 Å². The van der Waals surface area contributed by atoms with Gasteiger partial charge < -0.3 is 30.6 Å². The van der Waals surface area contributed by atoms with E-state index in [9.17, 15) is 40.2 Å². The molecule has 33 heavy (non-hydrogen) atoms. The summed E-state index contributed by atoms with van der Waals surface area (Å²) in [6.45, 7) is 3.12. The van der Waals surface area contributed by atoms with E-state index in [0.29, 0.717) is 5.56 Å². The van der Waals surface area contributed by atoms with Gasteiger partial charge in [0.25, 0.3) is 0 Å². The van der Waals surface area contributed by atoms with Crippen molar-refractivity contribution in [3.05, 3.63) is 70.3 Å². The third-order valence-corrected chi connectivity index (χ3v) is 5.55. The van der Waals surface area contributed by atoms with E-state index >= 15 is 0 Å². The van der Waals surface area contributed by atoms with Gasteiger partial charge in [0.1, 0.15) is 0 Å². The number of hydrogen-bond donors (Lipinski definition) is 6. The highest BCUT2D eigenvalue weighted by Gasteiger charge is 2.31. The van der Waals surface area contributed by atoms with Gasteiger partial charge in [0.05, 0.1) is 11.1 Å². The summed E-state index contributed by atoms with van der Waals surface area (Å²) in [5, 5.41) is 62.5. The molecule has 0 radical (unpaired) electrons. The lowest BCUT2D eigenvalue weighted by Gasteiger charge is -2.24. The number of carbonyl (C=O) groups is 2. The molecule has 0 fully saturated rings. The molecule has 0 aliphatic rings. The van der Waals surface area contributed by atoms with Gasteiger partial charge in [-0.2, -0.15) is 0 Å². The van der Waals surface area contributed by atoms with Gasteiger partial charge in [-0.15, -0.1) is 0 Å². The highest BCUT2D eigenvalue weighted by molar-refractivity contribution is 6.01. The summed E-state index contributed by atoms with van der Waals surface area (Å²) in [6, 6.07) is 10.7. The van der Waals surface area contributed by atoms with Crippen LogP contribution in [0.15, 0.2) is 42.5 Å². The molecule has 0 heterocycles. The van der Waals surface area contributed by atoms with E-state index in [0.717, 1.165) is 0 Å². The molecule has 3 aromatic carbocycles. The molecule has 0 saturated carbocycles. The minimum atomic E-state index is -1.10. The molecule has 0 atom stereocenters. The van der Waals surface area contributed by atoms with Gasteiger partial charge in [-0.25, -0.2) is 0 Å². The summed E-state index contributed by atoms with van der Waals surface area (Å²) in [5.41, 5.74) is -0.151. The Hall–Kier alpha value is -4.20. The summed E-state index contributed by atoms with van der Waals surface area (Å²) in [7, 11) is 0. The normalized spacial score (nSPS) is 11.0. The van der Waals surface area contributed by atoms with E-state index in [1.807, 2.05) is 0 Å². The highest BCUT2D eigenvalue weighted by atomic mass is 16.3. The molecule has 3 aromatic rings. The van der Waals surface area contributed by atoms with Crippen molar-refractivity contribution < 1.29 is 40.2 Å². The van der Waals surface area contributed by atoms with Crippen molar-refractivity contribution in [3.63, 3.8) is 0 Å². The van der Waals surface area contributed by atoms with Crippen molar-refractivity contribution in [2.24, 2.45) is 0 Å². The minimum Gasteiger partial charge on any atom is -0.504 e.